The number of esters is 1. The van der Waals surface area contributed by atoms with Crippen molar-refractivity contribution in [2.75, 3.05) is 12.9 Å². The predicted molar refractivity (Wildman–Crippen MR) is 233 cm³/mol. The summed E-state index contributed by atoms with van der Waals surface area (Å²) < 4.78 is 37.2. The largest absolute Gasteiger partial charge is 0.481 e. The van der Waals surface area contributed by atoms with Gasteiger partial charge in [-0.1, -0.05) is 128 Å². The van der Waals surface area contributed by atoms with Crippen LogP contribution in [0.3, 0.4) is 0 Å². The summed E-state index contributed by atoms with van der Waals surface area (Å²) in [6, 6.07) is 17.8. The molecule has 2 atom stereocenters. The van der Waals surface area contributed by atoms with E-state index in [1.807, 2.05) is 44.2 Å². The fraction of sp³-hybridized carbons (Fsp3) is 0.574. The zero-order valence-corrected chi connectivity index (χ0v) is 37.0. The van der Waals surface area contributed by atoms with Crippen molar-refractivity contribution in [3.05, 3.63) is 88.5 Å². The number of aryl methyl sites for hydroxylation is 2. The predicted octanol–water partition coefficient (Wildman–Crippen LogP) is 12.7. The molecule has 10 heteroatoms. The summed E-state index contributed by atoms with van der Waals surface area (Å²) >= 11 is 0. The Morgan fingerprint density at radius 2 is 1.30 bits per heavy atom. The van der Waals surface area contributed by atoms with Crippen LogP contribution in [0.25, 0.3) is 0 Å². The van der Waals surface area contributed by atoms with E-state index in [0.717, 1.165) is 40.7 Å². The SMILES string of the molecule is CCCCCCCCCCCCCCCNC(=O)Oc1ccc(Cc2c(C)cc(OCP(=O)(N[C@@H](C)C(=O)OC(C)C)Oc3ccccc3)cc2C)cc1C(C)C. The molecule has 9 nitrogen and oxygen atoms in total. The third-order valence-corrected chi connectivity index (χ3v) is 11.7. The number of para-hydroxylation sites is 1. The van der Waals surface area contributed by atoms with Gasteiger partial charge in [0.15, 0.2) is 6.35 Å². The van der Waals surface area contributed by atoms with Crippen LogP contribution in [0.15, 0.2) is 60.7 Å². The molecule has 2 N–H and O–H groups in total. The Balaban J connectivity index is 1.53. The van der Waals surface area contributed by atoms with E-state index < -0.39 is 25.6 Å². The number of rotatable bonds is 27. The zero-order valence-electron chi connectivity index (χ0n) is 36.1. The molecule has 57 heavy (non-hydrogen) atoms. The van der Waals surface area contributed by atoms with Crippen molar-refractivity contribution in [3.63, 3.8) is 0 Å². The summed E-state index contributed by atoms with van der Waals surface area (Å²) in [5.41, 5.74) is 5.26. The number of carbonyl (C=O) groups excluding carboxylic acids is 2. The van der Waals surface area contributed by atoms with Crippen molar-refractivity contribution < 1.29 is 32.9 Å². The number of amides is 1. The smallest absolute Gasteiger partial charge is 0.412 e. The highest BCUT2D eigenvalue weighted by atomic mass is 31.2. The highest BCUT2D eigenvalue weighted by Crippen LogP contribution is 2.44. The maximum atomic E-state index is 14.1. The van der Waals surface area contributed by atoms with Crippen molar-refractivity contribution in [3.8, 4) is 17.2 Å². The molecule has 3 rings (SSSR count). The molecule has 3 aromatic rings. The lowest BCUT2D eigenvalue weighted by Crippen LogP contribution is -2.36. The van der Waals surface area contributed by atoms with Crippen LogP contribution in [0.2, 0.25) is 0 Å². The molecular formula is C47H71N2O7P. The quantitative estimate of drug-likeness (QED) is 0.0445. The molecule has 0 saturated heterocycles. The maximum absolute atomic E-state index is 14.1. The van der Waals surface area contributed by atoms with Crippen LogP contribution in [0, 0.1) is 13.8 Å². The van der Waals surface area contributed by atoms with Gasteiger partial charge in [0.25, 0.3) is 0 Å². The molecule has 0 aliphatic heterocycles. The minimum atomic E-state index is -3.72. The molecule has 0 aromatic heterocycles. The highest BCUT2D eigenvalue weighted by Gasteiger charge is 2.32. The van der Waals surface area contributed by atoms with Crippen LogP contribution < -0.4 is 24.4 Å². The number of carbonyl (C=O) groups is 2. The molecule has 1 amide bonds. The summed E-state index contributed by atoms with van der Waals surface area (Å²) in [7, 11) is -3.72. The zero-order chi connectivity index (χ0) is 41.6. The third kappa shape index (κ3) is 18.1. The molecule has 0 heterocycles. The van der Waals surface area contributed by atoms with Crippen LogP contribution in [-0.4, -0.2) is 37.1 Å². The van der Waals surface area contributed by atoms with Gasteiger partial charge in [-0.25, -0.2) is 9.88 Å². The molecule has 3 aromatic carbocycles. The van der Waals surface area contributed by atoms with E-state index in [9.17, 15) is 14.2 Å². The van der Waals surface area contributed by atoms with E-state index in [-0.39, 0.29) is 18.4 Å². The van der Waals surface area contributed by atoms with Crippen LogP contribution in [-0.2, 0) is 20.5 Å². The number of ether oxygens (including phenoxy) is 3. The van der Waals surface area contributed by atoms with Gasteiger partial charge in [0, 0.05) is 6.54 Å². The first-order chi connectivity index (χ1) is 27.3. The van der Waals surface area contributed by atoms with Gasteiger partial charge in [-0.3, -0.25) is 9.36 Å². The van der Waals surface area contributed by atoms with E-state index in [1.54, 1.807) is 45.0 Å². The lowest BCUT2D eigenvalue weighted by atomic mass is 9.93. The number of hydrogen-bond acceptors (Lipinski definition) is 7. The van der Waals surface area contributed by atoms with E-state index in [2.05, 4.69) is 37.2 Å². The van der Waals surface area contributed by atoms with Gasteiger partial charge >= 0.3 is 19.6 Å². The lowest BCUT2D eigenvalue weighted by molar-refractivity contribution is -0.149. The monoisotopic (exact) mass is 806 g/mol. The molecule has 0 saturated carbocycles. The minimum Gasteiger partial charge on any atom is -0.481 e. The van der Waals surface area contributed by atoms with Crippen LogP contribution >= 0.6 is 7.52 Å². The van der Waals surface area contributed by atoms with E-state index in [4.69, 9.17) is 18.7 Å². The second-order valence-corrected chi connectivity index (χ2v) is 18.0. The normalized spacial score (nSPS) is 12.9. The molecule has 316 valence electrons. The molecule has 0 fully saturated rings. The highest BCUT2D eigenvalue weighted by molar-refractivity contribution is 7.57. The van der Waals surface area contributed by atoms with Crippen molar-refractivity contribution in [1.82, 2.24) is 10.4 Å². The molecule has 0 aliphatic rings. The average Bonchev–Trinajstić information content (AvgIpc) is 3.16. The molecule has 0 spiro atoms. The van der Waals surface area contributed by atoms with Crippen molar-refractivity contribution in [2.45, 2.75) is 163 Å². The van der Waals surface area contributed by atoms with E-state index in [0.29, 0.717) is 30.2 Å². The summed E-state index contributed by atoms with van der Waals surface area (Å²) in [6.07, 6.45) is 16.4. The Kier molecular flexibility index (Phi) is 21.3. The maximum Gasteiger partial charge on any atom is 0.412 e. The second-order valence-electron chi connectivity index (χ2n) is 16.0. The van der Waals surface area contributed by atoms with Gasteiger partial charge in [0.1, 0.15) is 23.3 Å². The van der Waals surface area contributed by atoms with Crippen molar-refractivity contribution in [2.24, 2.45) is 0 Å². The van der Waals surface area contributed by atoms with Gasteiger partial charge in [-0.05, 0) is 112 Å². The Labute approximate surface area is 343 Å². The topological polar surface area (TPSA) is 112 Å². The lowest BCUT2D eigenvalue weighted by Gasteiger charge is -2.24. The second kappa shape index (κ2) is 25.5. The minimum absolute atomic E-state index is 0.157. The van der Waals surface area contributed by atoms with E-state index in [1.165, 1.54) is 70.6 Å². The first-order valence-electron chi connectivity index (χ1n) is 21.4. The number of unbranched alkanes of at least 4 members (excludes halogenated alkanes) is 12. The van der Waals surface area contributed by atoms with Gasteiger partial charge in [-0.2, -0.15) is 0 Å². The first-order valence-corrected chi connectivity index (χ1v) is 23.2. The van der Waals surface area contributed by atoms with Gasteiger partial charge < -0.3 is 24.1 Å². The Morgan fingerprint density at radius 1 is 0.719 bits per heavy atom. The van der Waals surface area contributed by atoms with E-state index >= 15 is 0 Å². The first kappa shape index (κ1) is 47.6. The fourth-order valence-corrected chi connectivity index (χ4v) is 8.48. The van der Waals surface area contributed by atoms with Crippen molar-refractivity contribution >= 4 is 19.6 Å². The van der Waals surface area contributed by atoms with Gasteiger partial charge in [-0.15, -0.1) is 0 Å². The third-order valence-electron chi connectivity index (χ3n) is 9.99. The molecule has 1 unspecified atom stereocenters. The summed E-state index contributed by atoms with van der Waals surface area (Å²) in [5, 5.41) is 5.79. The Bertz CT molecular complexity index is 1670. The van der Waals surface area contributed by atoms with Gasteiger partial charge in [0.05, 0.1) is 6.10 Å². The number of nitrogens with one attached hydrogen (secondary N) is 2. The summed E-state index contributed by atoms with van der Waals surface area (Å²) in [6.45, 7) is 16.3. The number of benzene rings is 3. The summed E-state index contributed by atoms with van der Waals surface area (Å²) in [5.74, 6) is 1.15. The average molecular weight is 807 g/mol. The van der Waals surface area contributed by atoms with Crippen LogP contribution in [0.5, 0.6) is 17.2 Å². The molecular weight excluding hydrogens is 735 g/mol. The van der Waals surface area contributed by atoms with Crippen molar-refractivity contribution in [1.29, 1.82) is 0 Å². The Morgan fingerprint density at radius 3 is 1.86 bits per heavy atom. The Hall–Kier alpha value is -3.81. The van der Waals surface area contributed by atoms with Crippen LogP contribution in [0.4, 0.5) is 4.79 Å². The number of hydrogen-bond donors (Lipinski definition) is 2. The fourth-order valence-electron chi connectivity index (χ4n) is 6.82. The standard InChI is InChI=1S/C47H71N2O7P/c1-9-10-11-12-13-14-15-16-17-18-19-20-24-29-48-47(51)55-45-28-27-40(32-43(45)35(2)3)33-44-37(6)30-42(31-38(44)7)53-34-57(52,56-41-25-22-21-23-26-41)49-39(8)46(50)54-36(4)5/h21-23,25-28,30-32,35-36,39H,9-20,24,29,33-34H2,1-8H3,(H,48,51)(H,49,52)/t39-,57?/m0/s1. The summed E-state index contributed by atoms with van der Waals surface area (Å²) in [4.78, 5) is 25.3. The molecule has 0 radical (unpaired) electrons. The molecule has 0 aliphatic carbocycles. The van der Waals surface area contributed by atoms with Crippen LogP contribution in [0.1, 0.15) is 159 Å². The molecule has 0 bridgehead atoms. The van der Waals surface area contributed by atoms with Gasteiger partial charge in [0.2, 0.25) is 0 Å².